The first-order valence-electron chi connectivity index (χ1n) is 10.2. The first-order valence-corrected chi connectivity index (χ1v) is 10.2. The number of aromatic amines is 1. The largest absolute Gasteiger partial charge is 0.378 e. The van der Waals surface area contributed by atoms with Gasteiger partial charge in [-0.3, -0.25) is 4.68 Å². The topological polar surface area (TPSA) is 81.5 Å². The molecule has 0 atom stereocenters. The van der Waals surface area contributed by atoms with Gasteiger partial charge in [0.05, 0.1) is 18.0 Å². The number of aryl methyl sites for hydroxylation is 2. The number of aromatic nitrogens is 6. The maximum absolute atomic E-state index is 5.42. The van der Waals surface area contributed by atoms with E-state index >= 15 is 0 Å². The third kappa shape index (κ3) is 4.02. The third-order valence-corrected chi connectivity index (χ3v) is 5.29. The monoisotopic (exact) mass is 402 g/mol. The highest BCUT2D eigenvalue weighted by molar-refractivity contribution is 5.80. The predicted molar refractivity (Wildman–Crippen MR) is 116 cm³/mol. The van der Waals surface area contributed by atoms with Gasteiger partial charge in [0, 0.05) is 31.7 Å². The summed E-state index contributed by atoms with van der Waals surface area (Å²) in [6.45, 7) is 2.75. The lowest BCUT2D eigenvalue weighted by molar-refractivity contribution is 0.177. The van der Waals surface area contributed by atoms with E-state index in [9.17, 15) is 0 Å². The number of H-pyrrole nitrogens is 1. The van der Waals surface area contributed by atoms with Crippen molar-refractivity contribution in [3.05, 3.63) is 71.0 Å². The van der Waals surface area contributed by atoms with E-state index in [0.29, 0.717) is 12.4 Å². The van der Waals surface area contributed by atoms with Crippen molar-refractivity contribution >= 4 is 0 Å². The molecule has 154 valence electrons. The van der Waals surface area contributed by atoms with Crippen LogP contribution in [0.25, 0.3) is 22.5 Å². The molecule has 2 aromatic heterocycles. The Labute approximate surface area is 176 Å². The summed E-state index contributed by atoms with van der Waals surface area (Å²) in [5.41, 5.74) is 8.00. The Bertz CT molecular complexity index is 1100. The average Bonchev–Trinajstić information content (AvgIpc) is 3.40. The number of benzene rings is 2. The maximum Gasteiger partial charge on any atom is 0.205 e. The van der Waals surface area contributed by atoms with E-state index < -0.39 is 0 Å². The predicted octanol–water partition coefficient (Wildman–Crippen LogP) is 3.96. The highest BCUT2D eigenvalue weighted by atomic mass is 16.5. The molecule has 0 aliphatic heterocycles. The lowest BCUT2D eigenvalue weighted by Crippen LogP contribution is -2.02. The van der Waals surface area contributed by atoms with Crippen LogP contribution >= 0.6 is 0 Å². The van der Waals surface area contributed by atoms with Gasteiger partial charge < -0.3 is 4.74 Å². The van der Waals surface area contributed by atoms with Gasteiger partial charge in [-0.25, -0.2) is 0 Å². The molecule has 0 amide bonds. The second-order valence-electron chi connectivity index (χ2n) is 7.33. The minimum absolute atomic E-state index is 0.568. The maximum atomic E-state index is 5.42. The number of nitrogens with zero attached hydrogens (tertiary/aromatic N) is 5. The summed E-state index contributed by atoms with van der Waals surface area (Å²) in [6.07, 6.45) is 2.89. The first kappa shape index (κ1) is 20.0. The van der Waals surface area contributed by atoms with Gasteiger partial charge in [0.2, 0.25) is 5.82 Å². The highest BCUT2D eigenvalue weighted by Crippen LogP contribution is 2.30. The van der Waals surface area contributed by atoms with Crippen molar-refractivity contribution in [2.75, 3.05) is 7.11 Å². The van der Waals surface area contributed by atoms with Gasteiger partial charge in [0.1, 0.15) is 0 Å². The Balaban J connectivity index is 1.64. The standard InChI is InChI=1S/C23H26N6O/c1-4-7-21-20(22(15-30-3)29(2)26-21)14-16-10-12-17(13-11-16)18-8-5-6-9-19(18)23-24-27-28-25-23/h5-6,8-13H,4,7,14-15H2,1-3H3,(H,24,25,27,28). The van der Waals surface area contributed by atoms with Crippen molar-refractivity contribution in [3.63, 3.8) is 0 Å². The Kier molecular flexibility index (Phi) is 5.99. The fourth-order valence-electron chi connectivity index (χ4n) is 3.83. The van der Waals surface area contributed by atoms with Crippen LogP contribution < -0.4 is 0 Å². The Morgan fingerprint density at radius 2 is 1.80 bits per heavy atom. The zero-order valence-electron chi connectivity index (χ0n) is 17.6. The Morgan fingerprint density at radius 3 is 2.47 bits per heavy atom. The number of methoxy groups -OCH3 is 1. The fraction of sp³-hybridized carbons (Fsp3) is 0.304. The van der Waals surface area contributed by atoms with E-state index in [1.54, 1.807) is 7.11 Å². The molecule has 0 radical (unpaired) electrons. The highest BCUT2D eigenvalue weighted by Gasteiger charge is 2.16. The molecule has 2 aromatic carbocycles. The normalized spacial score (nSPS) is 11.2. The number of rotatable bonds is 8. The average molecular weight is 403 g/mol. The third-order valence-electron chi connectivity index (χ3n) is 5.29. The SMILES string of the molecule is CCCc1nn(C)c(COC)c1Cc1ccc(-c2ccccc2-c2nn[nH]n2)cc1. The molecule has 0 spiro atoms. The van der Waals surface area contributed by atoms with Gasteiger partial charge in [-0.05, 0) is 28.3 Å². The van der Waals surface area contributed by atoms with Crippen molar-refractivity contribution in [2.45, 2.75) is 32.8 Å². The minimum Gasteiger partial charge on any atom is -0.378 e. The van der Waals surface area contributed by atoms with E-state index in [1.165, 1.54) is 16.8 Å². The van der Waals surface area contributed by atoms with Gasteiger partial charge in [0.25, 0.3) is 0 Å². The van der Waals surface area contributed by atoms with Crippen LogP contribution in [0.2, 0.25) is 0 Å². The summed E-state index contributed by atoms with van der Waals surface area (Å²) in [4.78, 5) is 0. The summed E-state index contributed by atoms with van der Waals surface area (Å²) >= 11 is 0. The second kappa shape index (κ2) is 9.00. The quantitative estimate of drug-likeness (QED) is 0.482. The first-order chi connectivity index (χ1) is 14.7. The number of tetrazole rings is 1. The molecular weight excluding hydrogens is 376 g/mol. The molecular formula is C23H26N6O. The number of hydrogen-bond acceptors (Lipinski definition) is 5. The molecule has 1 N–H and O–H groups in total. The smallest absolute Gasteiger partial charge is 0.205 e. The molecule has 2 heterocycles. The molecule has 0 fully saturated rings. The van der Waals surface area contributed by atoms with Crippen LogP contribution in [-0.4, -0.2) is 37.5 Å². The van der Waals surface area contributed by atoms with Crippen LogP contribution in [0.5, 0.6) is 0 Å². The van der Waals surface area contributed by atoms with E-state index in [0.717, 1.165) is 41.6 Å². The molecule has 0 aliphatic carbocycles. The summed E-state index contributed by atoms with van der Waals surface area (Å²) in [7, 11) is 3.72. The van der Waals surface area contributed by atoms with Crippen molar-refractivity contribution in [2.24, 2.45) is 7.05 Å². The Hall–Kier alpha value is -3.32. The molecule has 0 saturated carbocycles. The lowest BCUT2D eigenvalue weighted by atomic mass is 9.96. The van der Waals surface area contributed by atoms with Crippen LogP contribution in [0, 0.1) is 0 Å². The zero-order chi connectivity index (χ0) is 20.9. The fourth-order valence-corrected chi connectivity index (χ4v) is 3.83. The number of nitrogens with one attached hydrogen (secondary N) is 1. The van der Waals surface area contributed by atoms with Crippen LogP contribution in [0.15, 0.2) is 48.5 Å². The van der Waals surface area contributed by atoms with Gasteiger partial charge in [-0.2, -0.15) is 10.3 Å². The summed E-state index contributed by atoms with van der Waals surface area (Å²) in [6, 6.07) is 16.8. The van der Waals surface area contributed by atoms with E-state index in [-0.39, 0.29) is 0 Å². The molecule has 7 nitrogen and oxygen atoms in total. The molecule has 7 heteroatoms. The molecule has 30 heavy (non-hydrogen) atoms. The minimum atomic E-state index is 0.568. The van der Waals surface area contributed by atoms with Crippen LogP contribution in [-0.2, 0) is 31.2 Å². The van der Waals surface area contributed by atoms with Crippen molar-refractivity contribution in [1.29, 1.82) is 0 Å². The zero-order valence-corrected chi connectivity index (χ0v) is 17.6. The molecule has 0 bridgehead atoms. The second-order valence-corrected chi connectivity index (χ2v) is 7.33. The Morgan fingerprint density at radius 1 is 1.03 bits per heavy atom. The van der Waals surface area contributed by atoms with Gasteiger partial charge in [-0.1, -0.05) is 61.9 Å². The van der Waals surface area contributed by atoms with Crippen LogP contribution in [0.4, 0.5) is 0 Å². The summed E-state index contributed by atoms with van der Waals surface area (Å²) in [5, 5.41) is 19.2. The van der Waals surface area contributed by atoms with Crippen LogP contribution in [0.1, 0.15) is 35.9 Å². The van der Waals surface area contributed by atoms with Crippen molar-refractivity contribution in [1.82, 2.24) is 30.4 Å². The molecule has 0 unspecified atom stereocenters. The van der Waals surface area contributed by atoms with Gasteiger partial charge in [-0.15, -0.1) is 10.2 Å². The van der Waals surface area contributed by atoms with Crippen molar-refractivity contribution < 1.29 is 4.74 Å². The molecule has 4 rings (SSSR count). The van der Waals surface area contributed by atoms with Gasteiger partial charge in [0.15, 0.2) is 0 Å². The van der Waals surface area contributed by atoms with E-state index in [2.05, 4.69) is 57.9 Å². The molecule has 0 saturated heterocycles. The molecule has 4 aromatic rings. The number of hydrogen-bond donors (Lipinski definition) is 1. The van der Waals surface area contributed by atoms with E-state index in [4.69, 9.17) is 9.84 Å². The van der Waals surface area contributed by atoms with Crippen LogP contribution in [0.3, 0.4) is 0 Å². The summed E-state index contributed by atoms with van der Waals surface area (Å²) in [5.74, 6) is 0.596. The van der Waals surface area contributed by atoms with Crippen molar-refractivity contribution in [3.8, 4) is 22.5 Å². The van der Waals surface area contributed by atoms with E-state index in [1.807, 2.05) is 29.9 Å². The molecule has 0 aliphatic rings. The number of ether oxygens (including phenoxy) is 1. The lowest BCUT2D eigenvalue weighted by Gasteiger charge is -2.10. The summed E-state index contributed by atoms with van der Waals surface area (Å²) < 4.78 is 7.38. The van der Waals surface area contributed by atoms with Gasteiger partial charge >= 0.3 is 0 Å².